The molecule has 0 aromatic heterocycles. The Labute approximate surface area is 131 Å². The summed E-state index contributed by atoms with van der Waals surface area (Å²) in [6, 6.07) is 7.98. The number of benzene rings is 2. The molecule has 2 aromatic rings. The van der Waals surface area contributed by atoms with E-state index in [4.69, 9.17) is 9.84 Å². The summed E-state index contributed by atoms with van der Waals surface area (Å²) < 4.78 is 20.3. The van der Waals surface area contributed by atoms with Gasteiger partial charge in [0.25, 0.3) is 0 Å². The minimum atomic E-state index is -1.21. The summed E-state index contributed by atoms with van der Waals surface area (Å²) in [5, 5.41) is 8.91. The summed E-state index contributed by atoms with van der Waals surface area (Å²) in [6.07, 6.45) is 0. The van der Waals surface area contributed by atoms with Crippen molar-refractivity contribution in [1.82, 2.24) is 0 Å². The standard InChI is InChI=1S/C14H9Br2FO3/c1-7-2-3-8(15)6-11(7)20-10-5-4-9(14(18)19)12(16)13(10)17/h2-6H,1H3,(H,18,19). The van der Waals surface area contributed by atoms with E-state index in [0.29, 0.717) is 5.75 Å². The summed E-state index contributed by atoms with van der Waals surface area (Å²) in [5.41, 5.74) is 0.687. The predicted octanol–water partition coefficient (Wildman–Crippen LogP) is 5.15. The summed E-state index contributed by atoms with van der Waals surface area (Å²) in [5.74, 6) is -1.50. The van der Waals surface area contributed by atoms with Crippen molar-refractivity contribution in [2.24, 2.45) is 0 Å². The molecule has 0 unspecified atom stereocenters. The third-order valence-electron chi connectivity index (χ3n) is 2.65. The summed E-state index contributed by atoms with van der Waals surface area (Å²) in [7, 11) is 0. The van der Waals surface area contributed by atoms with Crippen molar-refractivity contribution in [3.63, 3.8) is 0 Å². The van der Waals surface area contributed by atoms with Crippen molar-refractivity contribution in [2.75, 3.05) is 0 Å². The summed E-state index contributed by atoms with van der Waals surface area (Å²) >= 11 is 6.25. The van der Waals surface area contributed by atoms with Crippen LogP contribution in [0.25, 0.3) is 0 Å². The predicted molar refractivity (Wildman–Crippen MR) is 80.0 cm³/mol. The van der Waals surface area contributed by atoms with Crippen LogP contribution in [0.3, 0.4) is 0 Å². The molecule has 0 spiro atoms. The smallest absolute Gasteiger partial charge is 0.336 e. The highest BCUT2D eigenvalue weighted by Crippen LogP contribution is 2.34. The van der Waals surface area contributed by atoms with Gasteiger partial charge in [-0.3, -0.25) is 0 Å². The van der Waals surface area contributed by atoms with Crippen LogP contribution in [-0.4, -0.2) is 11.1 Å². The van der Waals surface area contributed by atoms with Crippen LogP contribution in [0.4, 0.5) is 4.39 Å². The van der Waals surface area contributed by atoms with Crippen molar-refractivity contribution in [3.05, 3.63) is 56.2 Å². The topological polar surface area (TPSA) is 46.5 Å². The maximum atomic E-state index is 14.1. The summed E-state index contributed by atoms with van der Waals surface area (Å²) in [4.78, 5) is 10.9. The fraction of sp³-hybridized carbons (Fsp3) is 0.0714. The molecule has 0 bridgehead atoms. The fourth-order valence-corrected chi connectivity index (χ4v) is 2.42. The molecule has 0 aliphatic rings. The number of hydrogen-bond acceptors (Lipinski definition) is 2. The van der Waals surface area contributed by atoms with Crippen LogP contribution in [0, 0.1) is 12.7 Å². The van der Waals surface area contributed by atoms with Gasteiger partial charge >= 0.3 is 5.97 Å². The minimum absolute atomic E-state index is 0.0388. The molecule has 0 saturated heterocycles. The number of halogens is 3. The van der Waals surface area contributed by atoms with Crippen molar-refractivity contribution < 1.29 is 19.0 Å². The molecule has 2 rings (SSSR count). The van der Waals surface area contributed by atoms with Crippen LogP contribution >= 0.6 is 31.9 Å². The Morgan fingerprint density at radius 1 is 1.20 bits per heavy atom. The Kier molecular flexibility index (Phi) is 4.45. The first-order chi connectivity index (χ1) is 9.40. The second-order valence-corrected chi connectivity index (χ2v) is 5.76. The van der Waals surface area contributed by atoms with Crippen molar-refractivity contribution >= 4 is 37.8 Å². The molecule has 1 N–H and O–H groups in total. The monoisotopic (exact) mass is 402 g/mol. The number of hydrogen-bond donors (Lipinski definition) is 1. The highest BCUT2D eigenvalue weighted by Gasteiger charge is 2.17. The Hall–Kier alpha value is -1.40. The molecular weight excluding hydrogens is 395 g/mol. The van der Waals surface area contributed by atoms with Crippen molar-refractivity contribution in [2.45, 2.75) is 6.92 Å². The van der Waals surface area contributed by atoms with E-state index < -0.39 is 11.8 Å². The Balaban J connectivity index is 2.42. The number of aromatic carboxylic acids is 1. The van der Waals surface area contributed by atoms with Crippen LogP contribution in [0.2, 0.25) is 0 Å². The summed E-state index contributed by atoms with van der Waals surface area (Å²) in [6.45, 7) is 1.83. The van der Waals surface area contributed by atoms with Gasteiger partial charge in [0.1, 0.15) is 5.75 Å². The van der Waals surface area contributed by atoms with Gasteiger partial charge in [-0.2, -0.15) is 0 Å². The van der Waals surface area contributed by atoms with Gasteiger partial charge in [-0.25, -0.2) is 9.18 Å². The quantitative estimate of drug-likeness (QED) is 0.770. The van der Waals surface area contributed by atoms with Crippen LogP contribution < -0.4 is 4.74 Å². The van der Waals surface area contributed by atoms with Crippen LogP contribution in [0.5, 0.6) is 11.5 Å². The molecule has 0 heterocycles. The molecular formula is C14H9Br2FO3. The number of ether oxygens (including phenoxy) is 1. The second kappa shape index (κ2) is 5.93. The first-order valence-corrected chi connectivity index (χ1v) is 7.14. The molecule has 20 heavy (non-hydrogen) atoms. The SMILES string of the molecule is Cc1ccc(Br)cc1Oc1ccc(C(=O)O)c(Br)c1F. The minimum Gasteiger partial charge on any atom is -0.478 e. The Morgan fingerprint density at radius 2 is 1.90 bits per heavy atom. The lowest BCUT2D eigenvalue weighted by Gasteiger charge is -2.11. The highest BCUT2D eigenvalue weighted by molar-refractivity contribution is 9.10. The number of aryl methyl sites for hydroxylation is 1. The first kappa shape index (κ1) is 15.0. The zero-order valence-corrected chi connectivity index (χ0v) is 13.5. The van der Waals surface area contributed by atoms with E-state index in [9.17, 15) is 9.18 Å². The lowest BCUT2D eigenvalue weighted by Crippen LogP contribution is -2.01. The number of rotatable bonds is 3. The maximum absolute atomic E-state index is 14.1. The van der Waals surface area contributed by atoms with Crippen LogP contribution in [0.15, 0.2) is 39.3 Å². The third kappa shape index (κ3) is 3.02. The van der Waals surface area contributed by atoms with E-state index in [1.165, 1.54) is 12.1 Å². The molecule has 0 amide bonds. The molecule has 0 radical (unpaired) electrons. The third-order valence-corrected chi connectivity index (χ3v) is 3.92. The Bertz CT molecular complexity index is 686. The van der Waals surface area contributed by atoms with Crippen molar-refractivity contribution in [1.29, 1.82) is 0 Å². The van der Waals surface area contributed by atoms with Crippen LogP contribution in [0.1, 0.15) is 15.9 Å². The largest absolute Gasteiger partial charge is 0.478 e. The number of carboxylic acids is 1. The van der Waals surface area contributed by atoms with E-state index in [1.54, 1.807) is 6.07 Å². The van der Waals surface area contributed by atoms with Crippen LogP contribution in [-0.2, 0) is 0 Å². The van der Waals surface area contributed by atoms with Gasteiger partial charge in [0.05, 0.1) is 10.0 Å². The Morgan fingerprint density at radius 3 is 2.55 bits per heavy atom. The first-order valence-electron chi connectivity index (χ1n) is 5.55. The molecule has 0 aliphatic heterocycles. The van der Waals surface area contributed by atoms with E-state index in [0.717, 1.165) is 10.0 Å². The van der Waals surface area contributed by atoms with Gasteiger partial charge in [-0.15, -0.1) is 0 Å². The molecule has 104 valence electrons. The lowest BCUT2D eigenvalue weighted by molar-refractivity contribution is 0.0695. The van der Waals surface area contributed by atoms with Gasteiger partial charge in [-0.05, 0) is 52.7 Å². The number of carbonyl (C=O) groups is 1. The van der Waals surface area contributed by atoms with Gasteiger partial charge in [0.2, 0.25) is 0 Å². The normalized spacial score (nSPS) is 10.4. The van der Waals surface area contributed by atoms with Gasteiger partial charge in [0, 0.05) is 4.47 Å². The molecule has 0 atom stereocenters. The zero-order valence-electron chi connectivity index (χ0n) is 10.3. The molecule has 6 heteroatoms. The average molecular weight is 404 g/mol. The lowest BCUT2D eigenvalue weighted by atomic mass is 10.2. The molecule has 0 aliphatic carbocycles. The zero-order chi connectivity index (χ0) is 14.9. The maximum Gasteiger partial charge on any atom is 0.336 e. The molecule has 2 aromatic carbocycles. The van der Waals surface area contributed by atoms with E-state index in [-0.39, 0.29) is 15.8 Å². The van der Waals surface area contributed by atoms with Gasteiger partial charge < -0.3 is 9.84 Å². The van der Waals surface area contributed by atoms with E-state index in [1.807, 2.05) is 19.1 Å². The fourth-order valence-electron chi connectivity index (χ4n) is 1.58. The molecule has 0 fully saturated rings. The molecule has 3 nitrogen and oxygen atoms in total. The molecule has 0 saturated carbocycles. The van der Waals surface area contributed by atoms with E-state index in [2.05, 4.69) is 31.9 Å². The van der Waals surface area contributed by atoms with Gasteiger partial charge in [0.15, 0.2) is 11.6 Å². The van der Waals surface area contributed by atoms with Crippen molar-refractivity contribution in [3.8, 4) is 11.5 Å². The average Bonchev–Trinajstić information content (AvgIpc) is 2.39. The van der Waals surface area contributed by atoms with E-state index >= 15 is 0 Å². The second-order valence-electron chi connectivity index (χ2n) is 4.06. The number of carboxylic acid groups (broad SMARTS) is 1. The highest BCUT2D eigenvalue weighted by atomic mass is 79.9. The van der Waals surface area contributed by atoms with Gasteiger partial charge in [-0.1, -0.05) is 22.0 Å².